The van der Waals surface area contributed by atoms with Gasteiger partial charge in [0, 0.05) is 20.1 Å². The largest absolute Gasteiger partial charge is 0.401 e. The molecule has 1 fully saturated rings. The number of nitrogens with zero attached hydrogens (tertiary/aromatic N) is 2. The van der Waals surface area contributed by atoms with Crippen molar-refractivity contribution in [3.05, 3.63) is 12.7 Å². The van der Waals surface area contributed by atoms with Gasteiger partial charge in [-0.05, 0) is 38.3 Å². The quantitative estimate of drug-likeness (QED) is 0.448. The van der Waals surface area contributed by atoms with Crippen molar-refractivity contribution in [1.29, 1.82) is 0 Å². The zero-order valence-electron chi connectivity index (χ0n) is 12.5. The molecule has 4 nitrogen and oxygen atoms in total. The summed E-state index contributed by atoms with van der Waals surface area (Å²) in [4.78, 5) is 5.57. The molecule has 0 saturated carbocycles. The van der Waals surface area contributed by atoms with E-state index in [4.69, 9.17) is 0 Å². The first kappa shape index (κ1) is 17.8. The van der Waals surface area contributed by atoms with Gasteiger partial charge in [-0.25, -0.2) is 0 Å². The maximum atomic E-state index is 12.3. The molecule has 21 heavy (non-hydrogen) atoms. The second-order valence-corrected chi connectivity index (χ2v) is 5.29. The second-order valence-electron chi connectivity index (χ2n) is 5.29. The van der Waals surface area contributed by atoms with Crippen LogP contribution in [0.2, 0.25) is 0 Å². The number of aliphatic imine (C=N–C) groups is 1. The summed E-state index contributed by atoms with van der Waals surface area (Å²) in [5, 5.41) is 6.28. The highest BCUT2D eigenvalue weighted by Gasteiger charge is 2.32. The first-order chi connectivity index (χ1) is 9.94. The molecule has 7 heteroatoms. The van der Waals surface area contributed by atoms with E-state index < -0.39 is 12.7 Å². The Balaban J connectivity index is 2.17. The van der Waals surface area contributed by atoms with Gasteiger partial charge in [-0.3, -0.25) is 9.89 Å². The van der Waals surface area contributed by atoms with Crippen LogP contribution >= 0.6 is 0 Å². The molecule has 0 amide bonds. The first-order valence-corrected chi connectivity index (χ1v) is 7.29. The van der Waals surface area contributed by atoms with E-state index in [2.05, 4.69) is 22.2 Å². The molecule has 0 aromatic heterocycles. The molecule has 0 aromatic carbocycles. The number of nitrogens with one attached hydrogen (secondary N) is 2. The fourth-order valence-corrected chi connectivity index (χ4v) is 2.47. The zero-order valence-corrected chi connectivity index (χ0v) is 12.5. The predicted octanol–water partition coefficient (Wildman–Crippen LogP) is 2.00. The normalized spacial score (nSPS) is 18.6. The van der Waals surface area contributed by atoms with Crippen LogP contribution in [0, 0.1) is 5.92 Å². The number of halogens is 3. The number of hydrogen-bond acceptors (Lipinski definition) is 2. The van der Waals surface area contributed by atoms with Crippen molar-refractivity contribution in [2.45, 2.75) is 25.4 Å². The molecule has 0 aromatic rings. The SMILES string of the molecule is C=CCNC(=NC)NCCC1CCN(CC(F)(F)F)CC1. The summed E-state index contributed by atoms with van der Waals surface area (Å²) in [5.74, 6) is 1.21. The van der Waals surface area contributed by atoms with E-state index in [0.717, 1.165) is 31.8 Å². The highest BCUT2D eigenvalue weighted by atomic mass is 19.4. The minimum atomic E-state index is -4.09. The van der Waals surface area contributed by atoms with Gasteiger partial charge in [-0.15, -0.1) is 6.58 Å². The van der Waals surface area contributed by atoms with Gasteiger partial charge in [-0.2, -0.15) is 13.2 Å². The summed E-state index contributed by atoms with van der Waals surface area (Å²) in [6.45, 7) is 5.34. The lowest BCUT2D eigenvalue weighted by Crippen LogP contribution is -2.41. The standard InChI is InChI=1S/C14H25F3N4/c1-3-7-19-13(18-2)20-8-4-12-5-9-21(10-6-12)11-14(15,16)17/h3,12H,1,4-11H2,2H3,(H2,18,19,20). The Morgan fingerprint density at radius 2 is 2.00 bits per heavy atom. The van der Waals surface area contributed by atoms with Crippen molar-refractivity contribution in [3.8, 4) is 0 Å². The first-order valence-electron chi connectivity index (χ1n) is 7.29. The van der Waals surface area contributed by atoms with Gasteiger partial charge in [0.05, 0.1) is 6.54 Å². The van der Waals surface area contributed by atoms with Crippen LogP contribution in [-0.2, 0) is 0 Å². The average Bonchev–Trinajstić information content (AvgIpc) is 2.43. The Bertz CT molecular complexity index is 334. The molecule has 1 rings (SSSR count). The van der Waals surface area contributed by atoms with E-state index in [0.29, 0.717) is 25.6 Å². The van der Waals surface area contributed by atoms with E-state index in [1.54, 1.807) is 13.1 Å². The van der Waals surface area contributed by atoms with E-state index in [-0.39, 0.29) is 0 Å². The number of likely N-dealkylation sites (tertiary alicyclic amines) is 1. The molecule has 1 aliphatic heterocycles. The average molecular weight is 306 g/mol. The van der Waals surface area contributed by atoms with E-state index in [1.807, 2.05) is 0 Å². The van der Waals surface area contributed by atoms with Gasteiger partial charge in [-0.1, -0.05) is 6.08 Å². The van der Waals surface area contributed by atoms with Crippen LogP contribution in [0.25, 0.3) is 0 Å². The monoisotopic (exact) mass is 306 g/mol. The van der Waals surface area contributed by atoms with Crippen molar-refractivity contribution >= 4 is 5.96 Å². The van der Waals surface area contributed by atoms with Crippen LogP contribution in [0.1, 0.15) is 19.3 Å². The van der Waals surface area contributed by atoms with E-state index >= 15 is 0 Å². The Morgan fingerprint density at radius 1 is 1.33 bits per heavy atom. The maximum absolute atomic E-state index is 12.3. The van der Waals surface area contributed by atoms with E-state index in [1.165, 1.54) is 4.90 Å². The zero-order chi connectivity index (χ0) is 15.7. The summed E-state index contributed by atoms with van der Waals surface area (Å²) in [6, 6.07) is 0. The van der Waals surface area contributed by atoms with Crippen LogP contribution in [0.4, 0.5) is 13.2 Å². The van der Waals surface area contributed by atoms with Crippen molar-refractivity contribution in [2.24, 2.45) is 10.9 Å². The lowest BCUT2D eigenvalue weighted by molar-refractivity contribution is -0.148. The van der Waals surface area contributed by atoms with Crippen LogP contribution in [0.5, 0.6) is 0 Å². The van der Waals surface area contributed by atoms with Gasteiger partial charge in [0.1, 0.15) is 0 Å². The van der Waals surface area contributed by atoms with Crippen LogP contribution in [-0.4, -0.2) is 56.8 Å². The molecule has 0 radical (unpaired) electrons. The van der Waals surface area contributed by atoms with Gasteiger partial charge in [0.2, 0.25) is 0 Å². The van der Waals surface area contributed by atoms with E-state index in [9.17, 15) is 13.2 Å². The van der Waals surface area contributed by atoms with Gasteiger partial charge < -0.3 is 10.6 Å². The minimum absolute atomic E-state index is 0.486. The third-order valence-electron chi connectivity index (χ3n) is 3.59. The number of guanidine groups is 1. The lowest BCUT2D eigenvalue weighted by Gasteiger charge is -2.32. The second kappa shape index (κ2) is 8.92. The molecule has 0 bridgehead atoms. The van der Waals surface area contributed by atoms with Crippen LogP contribution in [0.15, 0.2) is 17.6 Å². The summed E-state index contributed by atoms with van der Waals surface area (Å²) in [6.07, 6.45) is 0.280. The van der Waals surface area contributed by atoms with Crippen LogP contribution in [0.3, 0.4) is 0 Å². The molecule has 1 heterocycles. The van der Waals surface area contributed by atoms with Crippen molar-refractivity contribution in [2.75, 3.05) is 39.8 Å². The summed E-state index contributed by atoms with van der Waals surface area (Å²) < 4.78 is 36.9. The van der Waals surface area contributed by atoms with Crippen LogP contribution < -0.4 is 10.6 Å². The summed E-state index contributed by atoms with van der Waals surface area (Å²) >= 11 is 0. The van der Waals surface area contributed by atoms with Crippen molar-refractivity contribution in [1.82, 2.24) is 15.5 Å². The Kier molecular flexibility index (Phi) is 7.56. The Hall–Kier alpha value is -1.24. The maximum Gasteiger partial charge on any atom is 0.401 e. The fourth-order valence-electron chi connectivity index (χ4n) is 2.47. The highest BCUT2D eigenvalue weighted by Crippen LogP contribution is 2.23. The highest BCUT2D eigenvalue weighted by molar-refractivity contribution is 5.79. The molecule has 0 unspecified atom stereocenters. The third-order valence-corrected chi connectivity index (χ3v) is 3.59. The molecule has 1 saturated heterocycles. The molecule has 2 N–H and O–H groups in total. The lowest BCUT2D eigenvalue weighted by atomic mass is 9.93. The van der Waals surface area contributed by atoms with Gasteiger partial charge >= 0.3 is 6.18 Å². The number of rotatable bonds is 6. The molecule has 122 valence electrons. The summed E-state index contributed by atoms with van der Waals surface area (Å²) in [7, 11) is 1.70. The number of piperidine rings is 1. The molecule has 1 aliphatic rings. The Morgan fingerprint density at radius 3 is 2.52 bits per heavy atom. The molecular weight excluding hydrogens is 281 g/mol. The number of alkyl halides is 3. The van der Waals surface area contributed by atoms with Gasteiger partial charge in [0.25, 0.3) is 0 Å². The fraction of sp³-hybridized carbons (Fsp3) is 0.786. The predicted molar refractivity (Wildman–Crippen MR) is 79.4 cm³/mol. The minimum Gasteiger partial charge on any atom is -0.356 e. The van der Waals surface area contributed by atoms with Gasteiger partial charge in [0.15, 0.2) is 5.96 Å². The molecule has 0 aliphatic carbocycles. The van der Waals surface area contributed by atoms with Crippen molar-refractivity contribution < 1.29 is 13.2 Å². The molecule has 0 atom stereocenters. The Labute approximate surface area is 124 Å². The summed E-state index contributed by atoms with van der Waals surface area (Å²) in [5.41, 5.74) is 0. The van der Waals surface area contributed by atoms with Crippen molar-refractivity contribution in [3.63, 3.8) is 0 Å². The number of hydrogen-bond donors (Lipinski definition) is 2. The topological polar surface area (TPSA) is 39.7 Å². The molecular formula is C14H25F3N4. The smallest absolute Gasteiger partial charge is 0.356 e. The molecule has 0 spiro atoms. The third kappa shape index (κ3) is 7.94.